The summed E-state index contributed by atoms with van der Waals surface area (Å²) in [5, 5.41) is 28.1. The Morgan fingerprint density at radius 1 is 0.944 bits per heavy atom. The molecule has 0 radical (unpaired) electrons. The second kappa shape index (κ2) is 22.9. The van der Waals surface area contributed by atoms with Crippen LogP contribution in [-0.2, 0) is 48.2 Å². The van der Waals surface area contributed by atoms with Gasteiger partial charge in [0.15, 0.2) is 18.2 Å². The number of methoxy groups -OCH3 is 3. The lowest BCUT2D eigenvalue weighted by atomic mass is 9.71. The molecule has 6 rings (SSSR count). The van der Waals surface area contributed by atoms with Crippen molar-refractivity contribution < 1.29 is 62.4 Å². The Bertz CT molecular complexity index is 1990. The number of benzene rings is 1. The molecule has 18 nitrogen and oxygen atoms in total. The number of esters is 1. The van der Waals surface area contributed by atoms with Crippen LogP contribution < -0.4 is 15.8 Å². The minimum absolute atomic E-state index is 0.0658. The molecule has 5 fully saturated rings. The standard InChI is InChI=1S/C54H93N5O13/c1-18-40-53(12)45-33(4)42(56-23-24-59(45)49(62)72-53)31(2)28-51(10,65-16)46(71-48-43(60)38(55)27-32(3)67-48)34(5)44(35(6)47(61)69-40)70-41-29-52(11,66-17)54(63,36(7)68-41)30-57(13)25-26-58(14)50(8,9)37-21-19-20-22-39(37)64-15/h19-22,31-36,38,40-46,48,56,60,63H,18,23-30,55H2,1-17H3/t31-,32-,33-,34+,35-,36+,38+,40-,41+,42+,43-,44+,45-,46-,48+,51+,52-,53-,54-/m1/s1. The van der Waals surface area contributed by atoms with Gasteiger partial charge in [0.2, 0.25) is 0 Å². The summed E-state index contributed by atoms with van der Waals surface area (Å²) >= 11 is 0. The molecular formula is C54H93N5O13. The number of carbonyl (C=O) groups is 2. The number of nitrogens with two attached hydrogens (primary N) is 1. The molecule has 2 bridgehead atoms. The topological polar surface area (TPSA) is 205 Å². The van der Waals surface area contributed by atoms with Gasteiger partial charge in [0.1, 0.15) is 29.2 Å². The summed E-state index contributed by atoms with van der Waals surface area (Å²) in [4.78, 5) is 34.9. The highest BCUT2D eigenvalue weighted by atomic mass is 16.7. The SMILES string of the molecule is CC[C@H]1OC(=O)[C@H](C)[C@@H](O[C@H]2C[C@@](C)(OC)[C@@](O)(CN(C)CCN(C)C(C)(C)c3ccccc3OC)[C@H](C)O2)[C@H](C)[C@@H](O[C@@H]2O[C@H](C)C[C@H](N)[C@H]2O)[C@@](C)(OC)C[C@@H](C)[C@@H]2NCCN3C(=O)O[C@@]1(C)[C@H]3[C@@H]2C. The first-order valence-electron chi connectivity index (χ1n) is 26.5. The van der Waals surface area contributed by atoms with Crippen LogP contribution in [0.15, 0.2) is 24.3 Å². The molecule has 5 aliphatic rings. The van der Waals surface area contributed by atoms with Crippen molar-refractivity contribution in [2.24, 2.45) is 29.4 Å². The van der Waals surface area contributed by atoms with Crippen molar-refractivity contribution >= 4 is 12.1 Å². The van der Waals surface area contributed by atoms with E-state index in [1.54, 1.807) is 33.2 Å². The third-order valence-corrected chi connectivity index (χ3v) is 18.1. The fraction of sp³-hybridized carbons (Fsp3) is 0.852. The number of aliphatic hydroxyl groups excluding tert-OH is 1. The first-order chi connectivity index (χ1) is 33.7. The summed E-state index contributed by atoms with van der Waals surface area (Å²) in [5.41, 5.74) is 2.26. The summed E-state index contributed by atoms with van der Waals surface area (Å²) < 4.78 is 58.7. The summed E-state index contributed by atoms with van der Waals surface area (Å²) in [6, 6.07) is 6.89. The van der Waals surface area contributed by atoms with Gasteiger partial charge in [-0.05, 0) is 107 Å². The number of amides is 1. The maximum absolute atomic E-state index is 15.0. The van der Waals surface area contributed by atoms with Gasteiger partial charge in [-0.15, -0.1) is 0 Å². The molecule has 1 aromatic carbocycles. The van der Waals surface area contributed by atoms with E-state index in [0.717, 1.165) is 11.3 Å². The minimum atomic E-state index is -1.51. The van der Waals surface area contributed by atoms with E-state index < -0.39 is 101 Å². The van der Waals surface area contributed by atoms with Crippen LogP contribution in [0.5, 0.6) is 5.75 Å². The highest BCUT2D eigenvalue weighted by molar-refractivity contribution is 5.74. The van der Waals surface area contributed by atoms with Gasteiger partial charge in [0.05, 0.1) is 49.1 Å². The van der Waals surface area contributed by atoms with E-state index in [4.69, 9.17) is 48.4 Å². The zero-order valence-electron chi connectivity index (χ0n) is 46.6. The van der Waals surface area contributed by atoms with Crippen molar-refractivity contribution in [3.63, 3.8) is 0 Å². The number of hydrogen-bond donors (Lipinski definition) is 4. The number of fused-ring (bicyclic) bond motifs is 1. The van der Waals surface area contributed by atoms with Crippen LogP contribution in [0.25, 0.3) is 0 Å². The number of rotatable bonds is 15. The number of para-hydroxylation sites is 1. The van der Waals surface area contributed by atoms with Crippen LogP contribution >= 0.6 is 0 Å². The van der Waals surface area contributed by atoms with Gasteiger partial charge >= 0.3 is 12.1 Å². The highest BCUT2D eigenvalue weighted by Crippen LogP contribution is 2.47. The summed E-state index contributed by atoms with van der Waals surface area (Å²) in [5.74, 6) is -1.58. The van der Waals surface area contributed by atoms with Crippen LogP contribution in [0.4, 0.5) is 4.79 Å². The van der Waals surface area contributed by atoms with Gasteiger partial charge in [0.25, 0.3) is 0 Å². The van der Waals surface area contributed by atoms with E-state index in [1.165, 1.54) is 0 Å². The summed E-state index contributed by atoms with van der Waals surface area (Å²) in [7, 11) is 8.97. The Morgan fingerprint density at radius 3 is 2.26 bits per heavy atom. The molecule has 18 heteroatoms. The van der Waals surface area contributed by atoms with Gasteiger partial charge in [-0.2, -0.15) is 0 Å². The predicted molar refractivity (Wildman–Crippen MR) is 272 cm³/mol. The number of carbonyl (C=O) groups excluding carboxylic acids is 2. The fourth-order valence-corrected chi connectivity index (χ4v) is 13.2. The zero-order chi connectivity index (χ0) is 53.5. The largest absolute Gasteiger partial charge is 0.496 e. The maximum Gasteiger partial charge on any atom is 0.410 e. The van der Waals surface area contributed by atoms with Crippen LogP contribution in [-0.4, -0.2) is 195 Å². The molecular weight excluding hydrogens is 927 g/mol. The molecule has 5 saturated heterocycles. The first-order valence-corrected chi connectivity index (χ1v) is 26.5. The van der Waals surface area contributed by atoms with Gasteiger partial charge in [0, 0.05) is 82.5 Å². The van der Waals surface area contributed by atoms with E-state index in [0.29, 0.717) is 45.4 Å². The maximum atomic E-state index is 15.0. The third-order valence-electron chi connectivity index (χ3n) is 18.1. The number of likely N-dealkylation sites (N-methyl/N-ethyl adjacent to an activating group) is 2. The molecule has 0 saturated carbocycles. The van der Waals surface area contributed by atoms with Crippen LogP contribution in [0.1, 0.15) is 114 Å². The van der Waals surface area contributed by atoms with Crippen molar-refractivity contribution in [2.45, 2.75) is 204 Å². The van der Waals surface area contributed by atoms with E-state index in [9.17, 15) is 15.0 Å². The molecule has 0 aliphatic carbocycles. The van der Waals surface area contributed by atoms with Crippen LogP contribution in [0, 0.1) is 23.7 Å². The Balaban J connectivity index is 1.34. The van der Waals surface area contributed by atoms with Crippen molar-refractivity contribution in [3.8, 4) is 5.75 Å². The molecule has 5 heterocycles. The molecule has 5 aliphatic heterocycles. The number of hydrogen-bond acceptors (Lipinski definition) is 17. The van der Waals surface area contributed by atoms with Gasteiger partial charge in [-0.3, -0.25) is 14.6 Å². The van der Waals surface area contributed by atoms with Crippen molar-refractivity contribution in [3.05, 3.63) is 29.8 Å². The molecule has 0 unspecified atom stereocenters. The third kappa shape index (κ3) is 11.2. The number of cyclic esters (lactones) is 1. The Labute approximate surface area is 430 Å². The monoisotopic (exact) mass is 1020 g/mol. The molecule has 1 amide bonds. The average molecular weight is 1020 g/mol. The summed E-state index contributed by atoms with van der Waals surface area (Å²) in [6.45, 7) is 26.2. The van der Waals surface area contributed by atoms with Crippen molar-refractivity contribution in [1.29, 1.82) is 0 Å². The summed E-state index contributed by atoms with van der Waals surface area (Å²) in [6.07, 6.45) is -6.09. The van der Waals surface area contributed by atoms with Gasteiger partial charge in [-0.1, -0.05) is 45.9 Å². The molecule has 412 valence electrons. The second-order valence-electron chi connectivity index (χ2n) is 23.3. The lowest BCUT2D eigenvalue weighted by Crippen LogP contribution is -2.70. The average Bonchev–Trinajstić information content (AvgIpc) is 3.46. The number of ether oxygens (including phenoxy) is 9. The Morgan fingerprint density at radius 2 is 1.62 bits per heavy atom. The van der Waals surface area contributed by atoms with E-state index in [2.05, 4.69) is 55.9 Å². The molecule has 0 aromatic heterocycles. The van der Waals surface area contributed by atoms with Crippen LogP contribution in [0.2, 0.25) is 0 Å². The first kappa shape index (κ1) is 58.5. The molecule has 72 heavy (non-hydrogen) atoms. The zero-order valence-corrected chi connectivity index (χ0v) is 46.6. The molecule has 5 N–H and O–H groups in total. The molecule has 0 spiro atoms. The van der Waals surface area contributed by atoms with E-state index >= 15 is 4.79 Å². The second-order valence-corrected chi connectivity index (χ2v) is 23.3. The quantitative estimate of drug-likeness (QED) is 0.173. The predicted octanol–water partition coefficient (Wildman–Crippen LogP) is 4.88. The minimum Gasteiger partial charge on any atom is -0.496 e. The van der Waals surface area contributed by atoms with E-state index in [1.807, 2.05) is 73.7 Å². The van der Waals surface area contributed by atoms with Gasteiger partial charge < -0.3 is 68.8 Å². The molecule has 19 atom stereocenters. The number of nitrogens with zero attached hydrogens (tertiary/aromatic N) is 3. The Hall–Kier alpha value is -2.72. The van der Waals surface area contributed by atoms with Crippen molar-refractivity contribution in [2.75, 3.05) is 68.1 Å². The van der Waals surface area contributed by atoms with Crippen LogP contribution in [0.3, 0.4) is 0 Å². The van der Waals surface area contributed by atoms with E-state index in [-0.39, 0.29) is 42.5 Å². The number of aliphatic hydroxyl groups is 2. The van der Waals surface area contributed by atoms with Crippen molar-refractivity contribution in [1.82, 2.24) is 20.0 Å². The van der Waals surface area contributed by atoms with Gasteiger partial charge in [-0.25, -0.2) is 4.79 Å². The normalized spacial score (nSPS) is 42.5. The molecule has 1 aromatic rings. The smallest absolute Gasteiger partial charge is 0.410 e. The number of nitrogens with one attached hydrogen (secondary N) is 1. The Kier molecular flexibility index (Phi) is 18.6. The fourth-order valence-electron chi connectivity index (χ4n) is 13.2. The lowest BCUT2D eigenvalue weighted by Gasteiger charge is -2.54. The highest BCUT2D eigenvalue weighted by Gasteiger charge is 2.62. The lowest BCUT2D eigenvalue weighted by molar-refractivity contribution is -0.338.